The highest BCUT2D eigenvalue weighted by Crippen LogP contribution is 2.35. The summed E-state index contributed by atoms with van der Waals surface area (Å²) >= 11 is 0. The van der Waals surface area contributed by atoms with Gasteiger partial charge in [-0.25, -0.2) is 0 Å². The summed E-state index contributed by atoms with van der Waals surface area (Å²) in [5.74, 6) is 2.45. The van der Waals surface area contributed by atoms with Crippen molar-refractivity contribution in [3.05, 3.63) is 48.0 Å². The zero-order valence-electron chi connectivity index (χ0n) is 18.7. The predicted octanol–water partition coefficient (Wildman–Crippen LogP) is 4.03. The number of anilines is 1. The van der Waals surface area contributed by atoms with Gasteiger partial charge in [0.1, 0.15) is 22.8 Å². The quantitative estimate of drug-likeness (QED) is 0.626. The maximum Gasteiger partial charge on any atom is 0.170 e. The van der Waals surface area contributed by atoms with Crippen LogP contribution in [0.15, 0.2) is 42.5 Å². The number of fused-ring (bicyclic) bond motifs is 1. The van der Waals surface area contributed by atoms with Gasteiger partial charge in [-0.2, -0.15) is 0 Å². The van der Waals surface area contributed by atoms with Gasteiger partial charge in [0.2, 0.25) is 0 Å². The second-order valence-electron chi connectivity index (χ2n) is 8.82. The fraction of sp³-hybridized carbons (Fsp3) is 0.480. The number of piperazine rings is 1. The van der Waals surface area contributed by atoms with Crippen LogP contribution in [0.25, 0.3) is 0 Å². The molecule has 0 unspecified atom stereocenters. The third kappa shape index (κ3) is 5.13. The van der Waals surface area contributed by atoms with Crippen LogP contribution >= 0.6 is 0 Å². The van der Waals surface area contributed by atoms with E-state index in [1.54, 1.807) is 7.11 Å². The summed E-state index contributed by atoms with van der Waals surface area (Å²) in [5.41, 5.74) is 1.36. The van der Waals surface area contributed by atoms with E-state index in [0.717, 1.165) is 50.6 Å². The average molecular weight is 425 g/mol. The molecule has 2 aliphatic heterocycles. The van der Waals surface area contributed by atoms with Crippen LogP contribution < -0.4 is 19.1 Å². The van der Waals surface area contributed by atoms with Crippen LogP contribution in [0.4, 0.5) is 5.69 Å². The van der Waals surface area contributed by atoms with Gasteiger partial charge in [-0.15, -0.1) is 0 Å². The van der Waals surface area contributed by atoms with Crippen LogP contribution in [0.5, 0.6) is 17.2 Å². The Hall–Kier alpha value is -2.73. The molecule has 0 atom stereocenters. The SMILES string of the molecule is COc1ccccc1N1CCN(CCCOc2ccc3c(c2)OC(C)(C)CC3=O)CC1. The number of Topliss-reactive ketones (excluding diaryl/α,β-unsaturated/α-hetero) is 1. The molecular weight excluding hydrogens is 392 g/mol. The van der Waals surface area contributed by atoms with Gasteiger partial charge in [-0.3, -0.25) is 9.69 Å². The molecule has 0 amide bonds. The average Bonchev–Trinajstić information content (AvgIpc) is 2.76. The zero-order valence-corrected chi connectivity index (χ0v) is 18.7. The minimum Gasteiger partial charge on any atom is -0.495 e. The molecule has 1 saturated heterocycles. The van der Waals surface area contributed by atoms with Crippen molar-refractivity contribution in [1.29, 1.82) is 0 Å². The molecule has 2 heterocycles. The van der Waals surface area contributed by atoms with Crippen LogP contribution in [-0.4, -0.2) is 62.7 Å². The largest absolute Gasteiger partial charge is 0.495 e. The molecular formula is C25H32N2O4. The number of ketones is 1. The Morgan fingerprint density at radius 3 is 2.61 bits per heavy atom. The van der Waals surface area contributed by atoms with Crippen molar-refractivity contribution in [3.63, 3.8) is 0 Å². The molecule has 6 heteroatoms. The van der Waals surface area contributed by atoms with Gasteiger partial charge >= 0.3 is 0 Å². The molecule has 1 fully saturated rings. The minimum absolute atomic E-state index is 0.130. The molecule has 2 aromatic rings. The summed E-state index contributed by atoms with van der Waals surface area (Å²) in [7, 11) is 1.72. The maximum atomic E-state index is 12.3. The third-order valence-corrected chi connectivity index (χ3v) is 5.91. The lowest BCUT2D eigenvalue weighted by Gasteiger charge is -2.36. The summed E-state index contributed by atoms with van der Waals surface area (Å²) in [6.07, 6.45) is 1.36. The van der Waals surface area contributed by atoms with Gasteiger partial charge in [-0.05, 0) is 44.5 Å². The van der Waals surface area contributed by atoms with E-state index in [4.69, 9.17) is 14.2 Å². The summed E-state index contributed by atoms with van der Waals surface area (Å²) in [4.78, 5) is 17.1. The van der Waals surface area contributed by atoms with E-state index >= 15 is 0 Å². The van der Waals surface area contributed by atoms with Gasteiger partial charge in [0.25, 0.3) is 0 Å². The molecule has 6 nitrogen and oxygen atoms in total. The van der Waals surface area contributed by atoms with E-state index in [1.165, 1.54) is 5.69 Å². The van der Waals surface area contributed by atoms with E-state index in [9.17, 15) is 4.79 Å². The number of nitrogens with zero attached hydrogens (tertiary/aromatic N) is 2. The van der Waals surface area contributed by atoms with E-state index in [2.05, 4.69) is 21.9 Å². The predicted molar refractivity (Wildman–Crippen MR) is 122 cm³/mol. The number of carbonyl (C=O) groups is 1. The molecule has 2 aromatic carbocycles. The van der Waals surface area contributed by atoms with E-state index in [1.807, 2.05) is 44.2 Å². The third-order valence-electron chi connectivity index (χ3n) is 5.91. The Bertz CT molecular complexity index is 919. The van der Waals surface area contributed by atoms with E-state index in [-0.39, 0.29) is 5.78 Å². The minimum atomic E-state index is -0.464. The number of ether oxygens (including phenoxy) is 3. The van der Waals surface area contributed by atoms with Gasteiger partial charge in [0.15, 0.2) is 5.78 Å². The molecule has 0 aromatic heterocycles. The molecule has 0 N–H and O–H groups in total. The fourth-order valence-corrected chi connectivity index (χ4v) is 4.30. The smallest absolute Gasteiger partial charge is 0.170 e. The van der Waals surface area contributed by atoms with Gasteiger partial charge in [0.05, 0.1) is 31.4 Å². The first-order chi connectivity index (χ1) is 14.9. The standard InChI is InChI=1S/C25H32N2O4/c1-25(2)18-22(28)20-10-9-19(17-24(20)31-25)30-16-6-11-26-12-14-27(15-13-26)21-7-4-5-8-23(21)29-3/h4-5,7-10,17H,6,11-16,18H2,1-3H3. The summed E-state index contributed by atoms with van der Waals surface area (Å²) < 4.78 is 17.4. The number of carbonyl (C=O) groups excluding carboxylic acids is 1. The highest BCUT2D eigenvalue weighted by atomic mass is 16.5. The van der Waals surface area contributed by atoms with Gasteiger partial charge in [0, 0.05) is 38.8 Å². The van der Waals surface area contributed by atoms with Crippen LogP contribution in [0.3, 0.4) is 0 Å². The monoisotopic (exact) mass is 424 g/mol. The maximum absolute atomic E-state index is 12.3. The second kappa shape index (κ2) is 9.18. The Balaban J connectivity index is 1.22. The summed E-state index contributed by atoms with van der Waals surface area (Å²) in [5, 5.41) is 0. The number of rotatable bonds is 7. The van der Waals surface area contributed by atoms with Crippen LogP contribution in [0.1, 0.15) is 37.0 Å². The van der Waals surface area contributed by atoms with Gasteiger partial charge in [-0.1, -0.05) is 12.1 Å². The number of benzene rings is 2. The Morgan fingerprint density at radius 1 is 1.06 bits per heavy atom. The topological polar surface area (TPSA) is 51.2 Å². The van der Waals surface area contributed by atoms with Crippen LogP contribution in [-0.2, 0) is 0 Å². The molecule has 0 aliphatic carbocycles. The van der Waals surface area contributed by atoms with Crippen LogP contribution in [0.2, 0.25) is 0 Å². The Kier molecular flexibility index (Phi) is 6.37. The lowest BCUT2D eigenvalue weighted by atomic mass is 9.93. The second-order valence-corrected chi connectivity index (χ2v) is 8.82. The van der Waals surface area contributed by atoms with Crippen molar-refractivity contribution in [2.24, 2.45) is 0 Å². The molecule has 2 aliphatic rings. The molecule has 166 valence electrons. The Labute approximate surface area is 184 Å². The molecule has 0 radical (unpaired) electrons. The molecule has 31 heavy (non-hydrogen) atoms. The van der Waals surface area contributed by atoms with Crippen molar-refractivity contribution in [3.8, 4) is 17.2 Å². The summed E-state index contributed by atoms with van der Waals surface area (Å²) in [6.45, 7) is 9.57. The Morgan fingerprint density at radius 2 is 1.84 bits per heavy atom. The van der Waals surface area contributed by atoms with Crippen LogP contribution in [0, 0.1) is 0 Å². The molecule has 0 spiro atoms. The molecule has 0 bridgehead atoms. The summed E-state index contributed by atoms with van der Waals surface area (Å²) in [6, 6.07) is 13.7. The first-order valence-corrected chi connectivity index (χ1v) is 11.0. The number of hydrogen-bond donors (Lipinski definition) is 0. The lowest BCUT2D eigenvalue weighted by Crippen LogP contribution is -2.46. The van der Waals surface area contributed by atoms with Crippen molar-refractivity contribution < 1.29 is 19.0 Å². The number of para-hydroxylation sites is 2. The van der Waals surface area contributed by atoms with Crippen molar-refractivity contribution in [2.75, 3.05) is 51.3 Å². The highest BCUT2D eigenvalue weighted by molar-refractivity contribution is 6.00. The van der Waals surface area contributed by atoms with Crippen molar-refractivity contribution >= 4 is 11.5 Å². The lowest BCUT2D eigenvalue weighted by molar-refractivity contribution is 0.0618. The van der Waals surface area contributed by atoms with Crippen molar-refractivity contribution in [1.82, 2.24) is 4.90 Å². The first kappa shape index (κ1) is 21.5. The normalized spacial score (nSPS) is 18.3. The zero-order chi connectivity index (χ0) is 21.8. The van der Waals surface area contributed by atoms with E-state index < -0.39 is 5.60 Å². The highest BCUT2D eigenvalue weighted by Gasteiger charge is 2.32. The van der Waals surface area contributed by atoms with Crippen molar-refractivity contribution in [2.45, 2.75) is 32.3 Å². The van der Waals surface area contributed by atoms with E-state index in [0.29, 0.717) is 24.3 Å². The molecule has 0 saturated carbocycles. The first-order valence-electron chi connectivity index (χ1n) is 11.0. The number of methoxy groups -OCH3 is 1. The fourth-order valence-electron chi connectivity index (χ4n) is 4.30. The number of hydrogen-bond acceptors (Lipinski definition) is 6. The molecule has 4 rings (SSSR count). The van der Waals surface area contributed by atoms with Gasteiger partial charge < -0.3 is 19.1 Å².